The molecule has 0 fully saturated rings. The van der Waals surface area contributed by atoms with Crippen LogP contribution in [-0.2, 0) is 0 Å². The summed E-state index contributed by atoms with van der Waals surface area (Å²) < 4.78 is 0. The fourth-order valence-electron chi connectivity index (χ4n) is 2.37. The van der Waals surface area contributed by atoms with Gasteiger partial charge in [-0.1, -0.05) is 52.5 Å². The van der Waals surface area contributed by atoms with Gasteiger partial charge in [0.05, 0.1) is 0 Å². The summed E-state index contributed by atoms with van der Waals surface area (Å²) in [7, 11) is 1.13. The molecule has 0 aromatic rings. The van der Waals surface area contributed by atoms with Crippen molar-refractivity contribution in [2.45, 2.75) is 66.1 Å². The fourth-order valence-corrected chi connectivity index (χ4v) is 2.37. The van der Waals surface area contributed by atoms with Crippen LogP contribution < -0.4 is 0 Å². The van der Waals surface area contributed by atoms with E-state index in [4.69, 9.17) is 0 Å². The van der Waals surface area contributed by atoms with Gasteiger partial charge in [-0.15, -0.1) is 18.6 Å². The Kier molecular flexibility index (Phi) is 8.38. The molecule has 0 aliphatic carbocycles. The van der Waals surface area contributed by atoms with Gasteiger partial charge in [0.2, 0.25) is 0 Å². The molecule has 2 unspecified atom stereocenters. The smallest absolute Gasteiger partial charge is 0.109 e. The predicted octanol–water partition coefficient (Wildman–Crippen LogP) is 5.17. The maximum absolute atomic E-state index is 4.30. The molecule has 0 nitrogen and oxygen atoms in total. The van der Waals surface area contributed by atoms with E-state index in [1.807, 2.05) is 0 Å². The van der Waals surface area contributed by atoms with E-state index >= 15 is 0 Å². The Bertz CT molecular complexity index is 240. The number of unbranched alkanes of at least 4 members (excludes halogenated alkanes) is 2. The van der Waals surface area contributed by atoms with Crippen molar-refractivity contribution in [3.8, 4) is 0 Å². The second-order valence-corrected chi connectivity index (χ2v) is 5.96. The molecule has 0 radical (unpaired) electrons. The Labute approximate surface area is 110 Å². The van der Waals surface area contributed by atoms with Crippen LogP contribution in [0.3, 0.4) is 0 Å². The van der Waals surface area contributed by atoms with Crippen molar-refractivity contribution in [1.82, 2.24) is 0 Å². The third-order valence-electron chi connectivity index (χ3n) is 3.86. The van der Waals surface area contributed by atoms with Crippen LogP contribution in [0.4, 0.5) is 0 Å². The van der Waals surface area contributed by atoms with Gasteiger partial charge in [0, 0.05) is 0 Å². The Hall–Kier alpha value is -0.455. The van der Waals surface area contributed by atoms with Crippen LogP contribution in [0.1, 0.15) is 60.3 Å². The van der Waals surface area contributed by atoms with E-state index in [2.05, 4.69) is 47.8 Å². The SMILES string of the molecule is C=C(BC(C(=C)C)C(C)C)C(C)CCCCC. The lowest BCUT2D eigenvalue weighted by Crippen LogP contribution is -2.17. The first kappa shape index (κ1) is 16.5. The van der Waals surface area contributed by atoms with Gasteiger partial charge in [0.1, 0.15) is 0 Å². The van der Waals surface area contributed by atoms with Crippen molar-refractivity contribution in [2.24, 2.45) is 11.8 Å². The number of hydrogen-bond donors (Lipinski definition) is 0. The molecule has 0 bridgehead atoms. The minimum absolute atomic E-state index is 0.608. The topological polar surface area (TPSA) is 0 Å². The van der Waals surface area contributed by atoms with Gasteiger partial charge < -0.3 is 0 Å². The van der Waals surface area contributed by atoms with Crippen LogP contribution in [0.2, 0.25) is 5.82 Å². The summed E-state index contributed by atoms with van der Waals surface area (Å²) in [6, 6.07) is 0. The van der Waals surface area contributed by atoms with E-state index in [0.717, 1.165) is 7.28 Å². The number of rotatable bonds is 9. The minimum atomic E-state index is 0.608. The highest BCUT2D eigenvalue weighted by Crippen LogP contribution is 2.28. The summed E-state index contributed by atoms with van der Waals surface area (Å²) >= 11 is 0. The molecule has 0 N–H and O–H groups in total. The predicted molar refractivity (Wildman–Crippen MR) is 83.0 cm³/mol. The van der Waals surface area contributed by atoms with Gasteiger partial charge in [-0.25, -0.2) is 0 Å². The van der Waals surface area contributed by atoms with Crippen LogP contribution in [0.25, 0.3) is 0 Å². The van der Waals surface area contributed by atoms with Gasteiger partial charge >= 0.3 is 0 Å². The summed E-state index contributed by atoms with van der Waals surface area (Å²) in [5.74, 6) is 1.95. The van der Waals surface area contributed by atoms with Crippen molar-refractivity contribution in [3.63, 3.8) is 0 Å². The highest BCUT2D eigenvalue weighted by atomic mass is 14.1. The average molecular weight is 234 g/mol. The lowest BCUT2D eigenvalue weighted by Gasteiger charge is -2.24. The van der Waals surface area contributed by atoms with Crippen LogP contribution in [0.15, 0.2) is 24.2 Å². The van der Waals surface area contributed by atoms with Crippen LogP contribution in [-0.4, -0.2) is 7.28 Å². The lowest BCUT2D eigenvalue weighted by molar-refractivity contribution is 0.565. The summed E-state index contributed by atoms with van der Waals surface area (Å²) in [4.78, 5) is 0. The molecular formula is C16H31B. The number of hydrogen-bond acceptors (Lipinski definition) is 0. The van der Waals surface area contributed by atoms with Gasteiger partial charge in [-0.2, -0.15) is 0 Å². The van der Waals surface area contributed by atoms with Crippen molar-refractivity contribution in [2.75, 3.05) is 0 Å². The molecular weight excluding hydrogens is 203 g/mol. The first-order valence-corrected chi connectivity index (χ1v) is 7.23. The molecule has 0 saturated carbocycles. The molecule has 0 aromatic heterocycles. The molecule has 0 aromatic carbocycles. The third kappa shape index (κ3) is 6.76. The van der Waals surface area contributed by atoms with Crippen LogP contribution in [0, 0.1) is 11.8 Å². The monoisotopic (exact) mass is 234 g/mol. The first-order chi connectivity index (χ1) is 7.90. The molecule has 0 aliphatic heterocycles. The summed E-state index contributed by atoms with van der Waals surface area (Å²) in [6.45, 7) is 19.7. The third-order valence-corrected chi connectivity index (χ3v) is 3.86. The van der Waals surface area contributed by atoms with Crippen LogP contribution >= 0.6 is 0 Å². The molecule has 0 amide bonds. The van der Waals surface area contributed by atoms with E-state index in [-0.39, 0.29) is 0 Å². The summed E-state index contributed by atoms with van der Waals surface area (Å²) in [5, 5.41) is 0. The molecule has 2 atom stereocenters. The standard InChI is InChI=1S/C16H31B/c1-8-9-10-11-14(6)15(7)17-16(12(2)3)13(4)5/h13-14,16-17H,2,7-11H2,1,3-6H3. The Morgan fingerprint density at radius 3 is 2.12 bits per heavy atom. The maximum atomic E-state index is 4.30. The average Bonchev–Trinajstić information content (AvgIpc) is 2.24. The number of allylic oxidation sites excluding steroid dienone is 2. The van der Waals surface area contributed by atoms with Crippen molar-refractivity contribution in [1.29, 1.82) is 0 Å². The van der Waals surface area contributed by atoms with Gasteiger partial charge in [-0.05, 0) is 31.0 Å². The largest absolute Gasteiger partial charge is 0.159 e. The Morgan fingerprint density at radius 1 is 1.12 bits per heavy atom. The Morgan fingerprint density at radius 2 is 1.71 bits per heavy atom. The molecule has 98 valence electrons. The van der Waals surface area contributed by atoms with Gasteiger partial charge in [0.25, 0.3) is 0 Å². The molecule has 17 heavy (non-hydrogen) atoms. The Balaban J connectivity index is 4.16. The van der Waals surface area contributed by atoms with E-state index < -0.39 is 0 Å². The van der Waals surface area contributed by atoms with Crippen molar-refractivity contribution in [3.05, 3.63) is 24.2 Å². The lowest BCUT2D eigenvalue weighted by atomic mass is 9.51. The molecule has 1 heteroatoms. The maximum Gasteiger partial charge on any atom is 0.159 e. The molecule has 0 spiro atoms. The minimum Gasteiger partial charge on any atom is -0.109 e. The zero-order valence-corrected chi connectivity index (χ0v) is 12.7. The van der Waals surface area contributed by atoms with E-state index in [0.29, 0.717) is 17.7 Å². The zero-order chi connectivity index (χ0) is 13.4. The second kappa shape index (κ2) is 8.61. The molecule has 0 aliphatic rings. The highest BCUT2D eigenvalue weighted by molar-refractivity contribution is 6.48. The quantitative estimate of drug-likeness (QED) is 0.293. The second-order valence-electron chi connectivity index (χ2n) is 5.96. The summed E-state index contributed by atoms with van der Waals surface area (Å²) in [5.41, 5.74) is 2.73. The van der Waals surface area contributed by atoms with E-state index in [1.165, 1.54) is 36.7 Å². The van der Waals surface area contributed by atoms with Gasteiger partial charge in [-0.3, -0.25) is 0 Å². The fraction of sp³-hybridized carbons (Fsp3) is 0.750. The molecule has 0 heterocycles. The van der Waals surface area contributed by atoms with E-state index in [9.17, 15) is 0 Å². The van der Waals surface area contributed by atoms with E-state index in [1.54, 1.807) is 0 Å². The van der Waals surface area contributed by atoms with Crippen LogP contribution in [0.5, 0.6) is 0 Å². The highest BCUT2D eigenvalue weighted by Gasteiger charge is 2.19. The van der Waals surface area contributed by atoms with Gasteiger partial charge in [0.15, 0.2) is 7.28 Å². The zero-order valence-electron chi connectivity index (χ0n) is 12.7. The molecule has 0 rings (SSSR count). The first-order valence-electron chi connectivity index (χ1n) is 7.23. The normalized spacial score (nSPS) is 14.5. The molecule has 0 saturated heterocycles. The summed E-state index contributed by atoms with van der Waals surface area (Å²) in [6.07, 6.45) is 5.30. The van der Waals surface area contributed by atoms with Crippen molar-refractivity contribution >= 4 is 7.28 Å². The van der Waals surface area contributed by atoms with Crippen molar-refractivity contribution < 1.29 is 0 Å².